The maximum Gasteiger partial charge on any atom is 0.142 e. The van der Waals surface area contributed by atoms with Gasteiger partial charge in [-0.25, -0.2) is 14.2 Å². The molecule has 2 rings (SSSR count). The van der Waals surface area contributed by atoms with Crippen molar-refractivity contribution in [3.8, 4) is 0 Å². The molecule has 0 bridgehead atoms. The summed E-state index contributed by atoms with van der Waals surface area (Å²) >= 11 is 5.96. The van der Waals surface area contributed by atoms with Crippen molar-refractivity contribution in [3.63, 3.8) is 0 Å². The summed E-state index contributed by atoms with van der Waals surface area (Å²) in [5.41, 5.74) is 4.82. The van der Waals surface area contributed by atoms with Gasteiger partial charge in [0.1, 0.15) is 11.6 Å². The summed E-state index contributed by atoms with van der Waals surface area (Å²) in [6.07, 6.45) is 0. The van der Waals surface area contributed by atoms with Crippen molar-refractivity contribution >= 4 is 11.6 Å². The zero-order chi connectivity index (χ0) is 14.9. The molecule has 0 aliphatic carbocycles. The molecule has 2 aromatic rings. The van der Waals surface area contributed by atoms with E-state index in [9.17, 15) is 8.78 Å². The zero-order valence-corrected chi connectivity index (χ0v) is 11.9. The topological polar surface area (TPSA) is 38.0 Å². The Bertz CT molecular complexity index is 621. The SMILES string of the molecule is Cc1cc(C)c(C(NN)c2cccc(F)c2Cl)c(F)c1. The lowest BCUT2D eigenvalue weighted by Gasteiger charge is -2.21. The first-order chi connectivity index (χ1) is 9.45. The first kappa shape index (κ1) is 14.9. The highest BCUT2D eigenvalue weighted by Crippen LogP contribution is 2.33. The number of hydrogen-bond donors (Lipinski definition) is 2. The van der Waals surface area contributed by atoms with Crippen LogP contribution in [-0.2, 0) is 0 Å². The molecule has 1 atom stereocenters. The number of aryl methyl sites for hydroxylation is 2. The summed E-state index contributed by atoms with van der Waals surface area (Å²) in [6, 6.07) is 6.93. The van der Waals surface area contributed by atoms with Crippen molar-refractivity contribution in [2.45, 2.75) is 19.9 Å². The third kappa shape index (κ3) is 2.68. The Kier molecular flexibility index (Phi) is 4.38. The Morgan fingerprint density at radius 3 is 2.45 bits per heavy atom. The van der Waals surface area contributed by atoms with Gasteiger partial charge in [-0.1, -0.05) is 29.8 Å². The monoisotopic (exact) mass is 296 g/mol. The number of nitrogens with two attached hydrogens (primary N) is 1. The maximum atomic E-state index is 14.2. The van der Waals surface area contributed by atoms with E-state index in [1.54, 1.807) is 19.9 Å². The first-order valence-electron chi connectivity index (χ1n) is 6.12. The smallest absolute Gasteiger partial charge is 0.142 e. The van der Waals surface area contributed by atoms with E-state index in [4.69, 9.17) is 17.4 Å². The molecule has 106 valence electrons. The minimum absolute atomic E-state index is 0.0603. The molecule has 1 unspecified atom stereocenters. The Morgan fingerprint density at radius 2 is 1.85 bits per heavy atom. The third-order valence-electron chi connectivity index (χ3n) is 3.23. The number of nitrogens with one attached hydrogen (secondary N) is 1. The predicted molar refractivity (Wildman–Crippen MR) is 76.5 cm³/mol. The van der Waals surface area contributed by atoms with Gasteiger partial charge in [0.15, 0.2) is 0 Å². The van der Waals surface area contributed by atoms with Gasteiger partial charge in [0, 0.05) is 5.56 Å². The van der Waals surface area contributed by atoms with Crippen LogP contribution in [0.5, 0.6) is 0 Å². The molecule has 0 aliphatic rings. The highest BCUT2D eigenvalue weighted by molar-refractivity contribution is 6.31. The van der Waals surface area contributed by atoms with Crippen molar-refractivity contribution in [3.05, 3.63) is 69.2 Å². The molecule has 0 saturated carbocycles. The molecule has 0 fully saturated rings. The van der Waals surface area contributed by atoms with Gasteiger partial charge in [0.05, 0.1) is 11.1 Å². The quantitative estimate of drug-likeness (QED) is 0.668. The highest BCUT2D eigenvalue weighted by Gasteiger charge is 2.22. The Hall–Kier alpha value is -1.49. The second-order valence-electron chi connectivity index (χ2n) is 4.72. The van der Waals surface area contributed by atoms with Crippen molar-refractivity contribution in [2.75, 3.05) is 0 Å². The average Bonchev–Trinajstić information content (AvgIpc) is 2.37. The summed E-state index contributed by atoms with van der Waals surface area (Å²) in [5, 5.41) is -0.0603. The number of halogens is 3. The molecular formula is C15H15ClF2N2. The maximum absolute atomic E-state index is 14.2. The van der Waals surface area contributed by atoms with E-state index in [-0.39, 0.29) is 5.02 Å². The van der Waals surface area contributed by atoms with Gasteiger partial charge in [0.25, 0.3) is 0 Å². The molecule has 2 aromatic carbocycles. The lowest BCUT2D eigenvalue weighted by Crippen LogP contribution is -2.30. The standard InChI is InChI=1S/C15H15ClF2N2/c1-8-6-9(2)13(12(18)7-8)15(20-19)10-4-3-5-11(17)14(10)16/h3-7,15,20H,19H2,1-2H3. The summed E-state index contributed by atoms with van der Waals surface area (Å²) in [4.78, 5) is 0. The van der Waals surface area contributed by atoms with Crippen LogP contribution in [0.1, 0.15) is 28.3 Å². The van der Waals surface area contributed by atoms with Crippen molar-refractivity contribution in [2.24, 2.45) is 5.84 Å². The first-order valence-corrected chi connectivity index (χ1v) is 6.50. The van der Waals surface area contributed by atoms with E-state index >= 15 is 0 Å². The molecule has 0 heterocycles. The lowest BCUT2D eigenvalue weighted by molar-refractivity contribution is 0.552. The summed E-state index contributed by atoms with van der Waals surface area (Å²) < 4.78 is 27.8. The molecule has 0 spiro atoms. The molecule has 2 nitrogen and oxygen atoms in total. The summed E-state index contributed by atoms with van der Waals surface area (Å²) in [5.74, 6) is 4.58. The van der Waals surface area contributed by atoms with E-state index in [0.29, 0.717) is 11.1 Å². The molecule has 0 amide bonds. The minimum Gasteiger partial charge on any atom is -0.271 e. The number of benzene rings is 2. The van der Waals surface area contributed by atoms with Gasteiger partial charge in [-0.2, -0.15) is 0 Å². The zero-order valence-electron chi connectivity index (χ0n) is 11.2. The molecule has 20 heavy (non-hydrogen) atoms. The third-order valence-corrected chi connectivity index (χ3v) is 3.63. The summed E-state index contributed by atoms with van der Waals surface area (Å²) in [7, 11) is 0. The second-order valence-corrected chi connectivity index (χ2v) is 5.10. The molecule has 0 aromatic heterocycles. The number of hydrazine groups is 1. The van der Waals surface area contributed by atoms with Crippen LogP contribution < -0.4 is 11.3 Å². The Balaban J connectivity index is 2.62. The fraction of sp³-hybridized carbons (Fsp3) is 0.200. The molecule has 0 radical (unpaired) electrons. The van der Waals surface area contributed by atoms with Crippen LogP contribution in [0.25, 0.3) is 0 Å². The molecule has 5 heteroatoms. The fourth-order valence-corrected chi connectivity index (χ4v) is 2.60. The van der Waals surface area contributed by atoms with Crippen molar-refractivity contribution in [1.82, 2.24) is 5.43 Å². The van der Waals surface area contributed by atoms with Crippen LogP contribution >= 0.6 is 11.6 Å². The predicted octanol–water partition coefficient (Wildman–Crippen LogP) is 3.79. The van der Waals surface area contributed by atoms with E-state index in [2.05, 4.69) is 5.43 Å². The molecule has 0 saturated heterocycles. The fourth-order valence-electron chi connectivity index (χ4n) is 2.36. The minimum atomic E-state index is -0.709. The van der Waals surface area contributed by atoms with Crippen LogP contribution in [-0.4, -0.2) is 0 Å². The molecular weight excluding hydrogens is 282 g/mol. The van der Waals surface area contributed by atoms with Crippen LogP contribution in [0.3, 0.4) is 0 Å². The summed E-state index contributed by atoms with van der Waals surface area (Å²) in [6.45, 7) is 3.59. The van der Waals surface area contributed by atoms with Crippen molar-refractivity contribution in [1.29, 1.82) is 0 Å². The van der Waals surface area contributed by atoms with E-state index in [1.165, 1.54) is 18.2 Å². The number of hydrogen-bond acceptors (Lipinski definition) is 2. The number of rotatable bonds is 3. The van der Waals surface area contributed by atoms with Crippen molar-refractivity contribution < 1.29 is 8.78 Å². The normalized spacial score (nSPS) is 12.5. The second kappa shape index (κ2) is 5.87. The lowest BCUT2D eigenvalue weighted by atomic mass is 9.93. The van der Waals surface area contributed by atoms with Gasteiger partial charge >= 0.3 is 0 Å². The van der Waals surface area contributed by atoms with E-state index in [1.807, 2.05) is 6.07 Å². The highest BCUT2D eigenvalue weighted by atomic mass is 35.5. The van der Waals surface area contributed by atoms with Crippen LogP contribution in [0.2, 0.25) is 5.02 Å². The van der Waals surface area contributed by atoms with Crippen LogP contribution in [0.4, 0.5) is 8.78 Å². The van der Waals surface area contributed by atoms with Gasteiger partial charge in [0.2, 0.25) is 0 Å². The van der Waals surface area contributed by atoms with Gasteiger partial charge in [-0.3, -0.25) is 5.84 Å². The van der Waals surface area contributed by atoms with E-state index < -0.39 is 17.7 Å². The Morgan fingerprint density at radius 1 is 1.15 bits per heavy atom. The Labute approximate surface area is 121 Å². The van der Waals surface area contributed by atoms with Crippen LogP contribution in [0, 0.1) is 25.5 Å². The molecule has 0 aliphatic heterocycles. The van der Waals surface area contributed by atoms with Crippen LogP contribution in [0.15, 0.2) is 30.3 Å². The molecule has 3 N–H and O–H groups in total. The van der Waals surface area contributed by atoms with Gasteiger partial charge in [-0.15, -0.1) is 0 Å². The van der Waals surface area contributed by atoms with Gasteiger partial charge < -0.3 is 0 Å². The van der Waals surface area contributed by atoms with E-state index in [0.717, 1.165) is 11.1 Å². The van der Waals surface area contributed by atoms with Gasteiger partial charge in [-0.05, 0) is 42.7 Å². The largest absolute Gasteiger partial charge is 0.271 e. The average molecular weight is 297 g/mol.